The number of halogens is 1. The zero-order valence-electron chi connectivity index (χ0n) is 13.5. The van der Waals surface area contributed by atoms with Gasteiger partial charge in [-0.05, 0) is 29.7 Å². The summed E-state index contributed by atoms with van der Waals surface area (Å²) in [5.41, 5.74) is 1.23. The number of allylic oxidation sites excluding steroid dienone is 5. The molecule has 0 saturated heterocycles. The number of amides is 1. The summed E-state index contributed by atoms with van der Waals surface area (Å²) in [7, 11) is -3.66. The lowest BCUT2D eigenvalue weighted by molar-refractivity contribution is -0.116. The molecule has 130 valence electrons. The first-order valence-electron chi connectivity index (χ1n) is 7.37. The molecule has 0 unspecified atom stereocenters. The Bertz CT molecular complexity index is 922. The Kier molecular flexibility index (Phi) is 5.78. The van der Waals surface area contributed by atoms with Gasteiger partial charge in [-0.2, -0.15) is 0 Å². The van der Waals surface area contributed by atoms with Crippen LogP contribution in [0, 0.1) is 18.2 Å². The SMILES string of the molecule is C#Cc1cc(CNC(=O)/C=C/C2=CC=CC2)cc(F)c1NS(C)(=O)=O. The van der Waals surface area contributed by atoms with Crippen molar-refractivity contribution in [1.82, 2.24) is 5.32 Å². The topological polar surface area (TPSA) is 75.3 Å². The Morgan fingerprint density at radius 1 is 1.44 bits per heavy atom. The van der Waals surface area contributed by atoms with E-state index in [1.54, 1.807) is 6.08 Å². The summed E-state index contributed by atoms with van der Waals surface area (Å²) in [6.45, 7) is 0.0607. The Morgan fingerprint density at radius 2 is 2.20 bits per heavy atom. The number of anilines is 1. The molecule has 0 saturated carbocycles. The average Bonchev–Trinajstić information content (AvgIpc) is 3.05. The molecule has 0 fully saturated rings. The van der Waals surface area contributed by atoms with Crippen LogP contribution in [0.4, 0.5) is 10.1 Å². The molecule has 1 aromatic rings. The first-order chi connectivity index (χ1) is 11.8. The highest BCUT2D eigenvalue weighted by molar-refractivity contribution is 7.92. The number of hydrogen-bond acceptors (Lipinski definition) is 3. The first kappa shape index (κ1) is 18.5. The maximum atomic E-state index is 14.1. The molecule has 25 heavy (non-hydrogen) atoms. The molecule has 0 bridgehead atoms. The number of benzene rings is 1. The van der Waals surface area contributed by atoms with Gasteiger partial charge in [0.25, 0.3) is 0 Å². The van der Waals surface area contributed by atoms with Crippen molar-refractivity contribution in [2.45, 2.75) is 13.0 Å². The maximum absolute atomic E-state index is 14.1. The van der Waals surface area contributed by atoms with Crippen molar-refractivity contribution < 1.29 is 17.6 Å². The van der Waals surface area contributed by atoms with Gasteiger partial charge in [-0.15, -0.1) is 6.42 Å². The molecular formula is C18H17FN2O3S. The summed E-state index contributed by atoms with van der Waals surface area (Å²) in [5.74, 6) is 1.11. The molecule has 0 spiro atoms. The van der Waals surface area contributed by atoms with E-state index in [-0.39, 0.29) is 23.7 Å². The van der Waals surface area contributed by atoms with Crippen molar-refractivity contribution in [1.29, 1.82) is 0 Å². The number of hydrogen-bond donors (Lipinski definition) is 2. The second-order valence-electron chi connectivity index (χ2n) is 5.44. The lowest BCUT2D eigenvalue weighted by Crippen LogP contribution is -2.21. The molecule has 0 atom stereocenters. The van der Waals surface area contributed by atoms with Gasteiger partial charge in [-0.25, -0.2) is 12.8 Å². The summed E-state index contributed by atoms with van der Waals surface area (Å²) in [5, 5.41) is 2.62. The van der Waals surface area contributed by atoms with Gasteiger partial charge in [0.15, 0.2) is 0 Å². The van der Waals surface area contributed by atoms with E-state index in [0.29, 0.717) is 5.56 Å². The molecule has 1 aromatic carbocycles. The second-order valence-corrected chi connectivity index (χ2v) is 7.19. The molecule has 0 aliphatic heterocycles. The second kappa shape index (κ2) is 7.81. The van der Waals surface area contributed by atoms with Crippen molar-refractivity contribution in [3.63, 3.8) is 0 Å². The van der Waals surface area contributed by atoms with E-state index in [1.165, 1.54) is 12.1 Å². The molecule has 2 N–H and O–H groups in total. The van der Waals surface area contributed by atoms with E-state index >= 15 is 0 Å². The van der Waals surface area contributed by atoms with Gasteiger partial charge in [0.05, 0.1) is 17.5 Å². The highest BCUT2D eigenvalue weighted by atomic mass is 32.2. The number of sulfonamides is 1. The summed E-state index contributed by atoms with van der Waals surface area (Å²) < 4.78 is 38.8. The molecular weight excluding hydrogens is 343 g/mol. The van der Waals surface area contributed by atoms with Crippen LogP contribution < -0.4 is 10.0 Å². The van der Waals surface area contributed by atoms with E-state index < -0.39 is 15.8 Å². The smallest absolute Gasteiger partial charge is 0.244 e. The van der Waals surface area contributed by atoms with Crippen molar-refractivity contribution >= 4 is 21.6 Å². The lowest BCUT2D eigenvalue weighted by atomic mass is 10.1. The normalized spacial score (nSPS) is 13.6. The highest BCUT2D eigenvalue weighted by Crippen LogP contribution is 2.22. The van der Waals surface area contributed by atoms with Crippen LogP contribution >= 0.6 is 0 Å². The van der Waals surface area contributed by atoms with Gasteiger partial charge in [0.2, 0.25) is 15.9 Å². The zero-order chi connectivity index (χ0) is 18.4. The monoisotopic (exact) mass is 360 g/mol. The van der Waals surface area contributed by atoms with Gasteiger partial charge in [0.1, 0.15) is 5.82 Å². The fourth-order valence-corrected chi connectivity index (χ4v) is 2.76. The van der Waals surface area contributed by atoms with E-state index in [4.69, 9.17) is 6.42 Å². The third kappa shape index (κ3) is 5.62. The van der Waals surface area contributed by atoms with Gasteiger partial charge in [-0.1, -0.05) is 30.2 Å². The molecule has 0 aromatic heterocycles. The van der Waals surface area contributed by atoms with Crippen molar-refractivity contribution in [2.75, 3.05) is 11.0 Å². The predicted molar refractivity (Wildman–Crippen MR) is 95.6 cm³/mol. The molecule has 5 nitrogen and oxygen atoms in total. The summed E-state index contributed by atoms with van der Waals surface area (Å²) in [6.07, 6.45) is 15.9. The van der Waals surface area contributed by atoms with Crippen molar-refractivity contribution in [3.05, 3.63) is 65.0 Å². The summed E-state index contributed by atoms with van der Waals surface area (Å²) in [6, 6.07) is 2.58. The third-order valence-corrected chi connectivity index (χ3v) is 3.88. The molecule has 0 heterocycles. The van der Waals surface area contributed by atoms with Gasteiger partial charge >= 0.3 is 0 Å². The first-order valence-corrected chi connectivity index (χ1v) is 9.26. The number of terminal acetylenes is 1. The minimum Gasteiger partial charge on any atom is -0.348 e. The molecule has 7 heteroatoms. The predicted octanol–water partition coefficient (Wildman–Crippen LogP) is 2.24. The van der Waals surface area contributed by atoms with Gasteiger partial charge < -0.3 is 5.32 Å². The number of nitrogens with one attached hydrogen (secondary N) is 2. The zero-order valence-corrected chi connectivity index (χ0v) is 14.4. The van der Waals surface area contributed by atoms with E-state index in [9.17, 15) is 17.6 Å². The summed E-state index contributed by atoms with van der Waals surface area (Å²) >= 11 is 0. The van der Waals surface area contributed by atoms with Crippen LogP contribution in [0.5, 0.6) is 0 Å². The number of rotatable bonds is 6. The van der Waals surface area contributed by atoms with Crippen LogP contribution in [0.3, 0.4) is 0 Å². The molecule has 1 aliphatic carbocycles. The number of carbonyl (C=O) groups is 1. The maximum Gasteiger partial charge on any atom is 0.244 e. The van der Waals surface area contributed by atoms with Crippen LogP contribution in [-0.2, 0) is 21.4 Å². The average molecular weight is 360 g/mol. The van der Waals surface area contributed by atoms with E-state index in [1.807, 2.05) is 18.2 Å². The lowest BCUT2D eigenvalue weighted by Gasteiger charge is -2.11. The minimum atomic E-state index is -3.66. The molecule has 1 amide bonds. The van der Waals surface area contributed by atoms with E-state index in [2.05, 4.69) is 16.0 Å². The summed E-state index contributed by atoms with van der Waals surface area (Å²) in [4.78, 5) is 11.8. The quantitative estimate of drug-likeness (QED) is 0.603. The fraction of sp³-hybridized carbons (Fsp3) is 0.167. The molecule has 2 rings (SSSR count). The Labute approximate surface area is 146 Å². The van der Waals surface area contributed by atoms with Gasteiger partial charge in [0, 0.05) is 12.6 Å². The largest absolute Gasteiger partial charge is 0.348 e. The van der Waals surface area contributed by atoms with Crippen LogP contribution in [0.25, 0.3) is 0 Å². The van der Waals surface area contributed by atoms with Crippen molar-refractivity contribution in [2.24, 2.45) is 0 Å². The Hall–Kier alpha value is -2.85. The highest BCUT2D eigenvalue weighted by Gasteiger charge is 2.14. The van der Waals surface area contributed by atoms with Crippen molar-refractivity contribution in [3.8, 4) is 12.3 Å². The standard InChI is InChI=1S/C18H17FN2O3S/c1-3-15-10-14(11-16(19)18(15)21-25(2,23)24)12-20-17(22)9-8-13-6-4-5-7-13/h1,4-6,8-11,21H,7,12H2,2H3,(H,20,22)/b9-8+. The minimum absolute atomic E-state index is 0.0607. The Morgan fingerprint density at radius 3 is 2.80 bits per heavy atom. The molecule has 0 radical (unpaired) electrons. The van der Waals surface area contributed by atoms with Gasteiger partial charge in [-0.3, -0.25) is 9.52 Å². The van der Waals surface area contributed by atoms with Crippen LogP contribution in [0.15, 0.2) is 48.1 Å². The Balaban J connectivity index is 2.06. The van der Waals surface area contributed by atoms with Crippen LogP contribution in [-0.4, -0.2) is 20.6 Å². The molecule has 1 aliphatic rings. The van der Waals surface area contributed by atoms with E-state index in [0.717, 1.165) is 24.3 Å². The van der Waals surface area contributed by atoms with Crippen LogP contribution in [0.2, 0.25) is 0 Å². The van der Waals surface area contributed by atoms with Crippen LogP contribution in [0.1, 0.15) is 17.5 Å². The number of carbonyl (C=O) groups excluding carboxylic acids is 1. The fourth-order valence-electron chi connectivity index (χ4n) is 2.19. The third-order valence-electron chi connectivity index (χ3n) is 3.31.